The number of hydrogen-bond acceptors (Lipinski definition) is 2. The lowest BCUT2D eigenvalue weighted by Crippen LogP contribution is -2.21. The van der Waals surface area contributed by atoms with E-state index in [2.05, 4.69) is 12.2 Å². The maximum Gasteiger partial charge on any atom is 0.142 e. The third-order valence-electron chi connectivity index (χ3n) is 2.94. The molecule has 0 amide bonds. The molecule has 1 aromatic carbocycles. The molecule has 2 nitrogen and oxygen atoms in total. The Balaban J connectivity index is 2.33. The average molecular weight is 258 g/mol. The van der Waals surface area contributed by atoms with E-state index in [1.54, 1.807) is 0 Å². The topological polar surface area (TPSA) is 21.3 Å². The summed E-state index contributed by atoms with van der Waals surface area (Å²) in [4.78, 5) is 0. The van der Waals surface area contributed by atoms with Crippen LogP contribution in [0.15, 0.2) is 12.1 Å². The van der Waals surface area contributed by atoms with E-state index in [9.17, 15) is 4.39 Å². The smallest absolute Gasteiger partial charge is 0.142 e. The van der Waals surface area contributed by atoms with Gasteiger partial charge in [-0.1, -0.05) is 18.5 Å². The molecule has 0 saturated heterocycles. The predicted octanol–water partition coefficient (Wildman–Crippen LogP) is 3.69. The van der Waals surface area contributed by atoms with Crippen LogP contribution < -0.4 is 10.1 Å². The Morgan fingerprint density at radius 1 is 1.53 bits per heavy atom. The van der Waals surface area contributed by atoms with Crippen LogP contribution in [0.5, 0.6) is 5.75 Å². The van der Waals surface area contributed by atoms with Gasteiger partial charge >= 0.3 is 0 Å². The highest BCUT2D eigenvalue weighted by molar-refractivity contribution is 6.32. The average Bonchev–Trinajstić information content (AvgIpc) is 2.49. The first-order valence-electron chi connectivity index (χ1n) is 6.07. The highest BCUT2D eigenvalue weighted by Gasteiger charge is 2.22. The van der Waals surface area contributed by atoms with Crippen LogP contribution in [0.4, 0.5) is 4.39 Å². The van der Waals surface area contributed by atoms with Gasteiger partial charge in [0.2, 0.25) is 0 Å². The minimum atomic E-state index is -0.303. The minimum absolute atomic E-state index is 0.139. The molecule has 1 aromatic rings. The normalized spacial score (nSPS) is 19.4. The van der Waals surface area contributed by atoms with E-state index >= 15 is 0 Å². The zero-order valence-electron chi connectivity index (χ0n) is 9.93. The molecule has 0 radical (unpaired) electrons. The second kappa shape index (κ2) is 5.69. The summed E-state index contributed by atoms with van der Waals surface area (Å²) in [7, 11) is 0. The lowest BCUT2D eigenvalue weighted by Gasteiger charge is -2.18. The molecule has 1 heterocycles. The van der Waals surface area contributed by atoms with Gasteiger partial charge in [0.05, 0.1) is 11.6 Å². The Bertz CT molecular complexity index is 397. The number of hydrogen-bond donors (Lipinski definition) is 1. The van der Waals surface area contributed by atoms with Gasteiger partial charge in [0.15, 0.2) is 0 Å². The molecule has 1 N–H and O–H groups in total. The van der Waals surface area contributed by atoms with Crippen LogP contribution in [0, 0.1) is 5.82 Å². The first-order chi connectivity index (χ1) is 8.22. The molecule has 0 fully saturated rings. The number of ether oxygens (including phenoxy) is 1. The molecule has 4 heteroatoms. The van der Waals surface area contributed by atoms with Crippen molar-refractivity contribution in [2.75, 3.05) is 13.2 Å². The zero-order chi connectivity index (χ0) is 12.3. The van der Waals surface area contributed by atoms with Crippen molar-refractivity contribution >= 4 is 11.6 Å². The molecule has 1 atom stereocenters. The molecule has 1 unspecified atom stereocenters. The molecular weight excluding hydrogens is 241 g/mol. The number of fused-ring (bicyclic) bond motifs is 1. The van der Waals surface area contributed by atoms with Gasteiger partial charge in [-0.05, 0) is 37.9 Å². The predicted molar refractivity (Wildman–Crippen MR) is 67.2 cm³/mol. The van der Waals surface area contributed by atoms with Crippen molar-refractivity contribution in [1.29, 1.82) is 0 Å². The summed E-state index contributed by atoms with van der Waals surface area (Å²) in [6, 6.07) is 2.98. The largest absolute Gasteiger partial charge is 0.492 e. The van der Waals surface area contributed by atoms with Gasteiger partial charge < -0.3 is 10.1 Å². The van der Waals surface area contributed by atoms with E-state index < -0.39 is 0 Å². The maximum absolute atomic E-state index is 13.4. The quantitative estimate of drug-likeness (QED) is 0.892. The Kier molecular flexibility index (Phi) is 4.24. The van der Waals surface area contributed by atoms with Gasteiger partial charge in [0.25, 0.3) is 0 Å². The molecular formula is C13H17ClFNO. The molecule has 94 valence electrons. The Hall–Kier alpha value is -0.800. The van der Waals surface area contributed by atoms with Gasteiger partial charge in [0.1, 0.15) is 11.6 Å². The monoisotopic (exact) mass is 257 g/mol. The van der Waals surface area contributed by atoms with Crippen molar-refractivity contribution in [3.8, 4) is 5.75 Å². The van der Waals surface area contributed by atoms with Crippen molar-refractivity contribution in [2.45, 2.75) is 32.2 Å². The third-order valence-corrected chi connectivity index (χ3v) is 3.22. The van der Waals surface area contributed by atoms with E-state index in [-0.39, 0.29) is 11.9 Å². The van der Waals surface area contributed by atoms with E-state index in [0.717, 1.165) is 31.4 Å². The summed E-state index contributed by atoms with van der Waals surface area (Å²) in [5, 5.41) is 3.78. The molecule has 2 rings (SSSR count). The van der Waals surface area contributed by atoms with Crippen molar-refractivity contribution < 1.29 is 9.13 Å². The van der Waals surface area contributed by atoms with Gasteiger partial charge in [-0.25, -0.2) is 4.39 Å². The Labute approximate surface area is 106 Å². The van der Waals surface area contributed by atoms with Crippen molar-refractivity contribution in [3.63, 3.8) is 0 Å². The highest BCUT2D eigenvalue weighted by Crippen LogP contribution is 2.37. The number of halogens is 2. The number of benzene rings is 1. The van der Waals surface area contributed by atoms with Gasteiger partial charge in [-0.15, -0.1) is 0 Å². The summed E-state index contributed by atoms with van der Waals surface area (Å²) in [6.45, 7) is 3.67. The fourth-order valence-corrected chi connectivity index (χ4v) is 2.41. The van der Waals surface area contributed by atoms with Crippen LogP contribution in [-0.4, -0.2) is 13.2 Å². The van der Waals surface area contributed by atoms with Crippen LogP contribution in [0.1, 0.15) is 37.8 Å². The molecule has 0 aromatic heterocycles. The SMILES string of the molecule is CCCNC1CCCOc2c(Cl)cc(F)cc21. The number of rotatable bonds is 3. The van der Waals surface area contributed by atoms with Crippen LogP contribution in [0.25, 0.3) is 0 Å². The summed E-state index contributed by atoms with van der Waals surface area (Å²) in [5.41, 5.74) is 0.848. The van der Waals surface area contributed by atoms with Crippen molar-refractivity contribution in [1.82, 2.24) is 5.32 Å². The molecule has 0 spiro atoms. The standard InChI is InChI=1S/C13H17ClFNO/c1-2-5-16-12-4-3-6-17-13-10(12)7-9(15)8-11(13)14/h7-8,12,16H,2-6H2,1H3. The maximum atomic E-state index is 13.4. The summed E-state index contributed by atoms with van der Waals surface area (Å²) in [5.74, 6) is 0.335. The first-order valence-corrected chi connectivity index (χ1v) is 6.45. The molecule has 1 aliphatic rings. The van der Waals surface area contributed by atoms with Crippen LogP contribution in [-0.2, 0) is 0 Å². The van der Waals surface area contributed by atoms with Crippen LogP contribution >= 0.6 is 11.6 Å². The van der Waals surface area contributed by atoms with Gasteiger partial charge in [0, 0.05) is 11.6 Å². The first kappa shape index (κ1) is 12.7. The molecule has 0 aliphatic carbocycles. The summed E-state index contributed by atoms with van der Waals surface area (Å²) < 4.78 is 19.0. The highest BCUT2D eigenvalue weighted by atomic mass is 35.5. The molecule has 0 bridgehead atoms. The van der Waals surface area contributed by atoms with E-state index in [4.69, 9.17) is 16.3 Å². The molecule has 17 heavy (non-hydrogen) atoms. The number of nitrogens with one attached hydrogen (secondary N) is 1. The van der Waals surface area contributed by atoms with Crippen molar-refractivity contribution in [3.05, 3.63) is 28.5 Å². The van der Waals surface area contributed by atoms with Crippen LogP contribution in [0.3, 0.4) is 0 Å². The van der Waals surface area contributed by atoms with Gasteiger partial charge in [-0.3, -0.25) is 0 Å². The summed E-state index contributed by atoms with van der Waals surface area (Å²) >= 11 is 6.03. The lowest BCUT2D eigenvalue weighted by molar-refractivity contribution is 0.315. The fraction of sp³-hybridized carbons (Fsp3) is 0.538. The molecule has 0 saturated carbocycles. The fourth-order valence-electron chi connectivity index (χ4n) is 2.14. The Morgan fingerprint density at radius 3 is 3.12 bits per heavy atom. The lowest BCUT2D eigenvalue weighted by atomic mass is 10.0. The van der Waals surface area contributed by atoms with Gasteiger partial charge in [-0.2, -0.15) is 0 Å². The minimum Gasteiger partial charge on any atom is -0.492 e. The second-order valence-electron chi connectivity index (χ2n) is 4.30. The van der Waals surface area contributed by atoms with Crippen LogP contribution in [0.2, 0.25) is 5.02 Å². The zero-order valence-corrected chi connectivity index (χ0v) is 10.7. The van der Waals surface area contributed by atoms with E-state index in [0.29, 0.717) is 17.4 Å². The van der Waals surface area contributed by atoms with E-state index in [1.165, 1.54) is 12.1 Å². The van der Waals surface area contributed by atoms with E-state index in [1.807, 2.05) is 0 Å². The second-order valence-corrected chi connectivity index (χ2v) is 4.71. The van der Waals surface area contributed by atoms with Crippen molar-refractivity contribution in [2.24, 2.45) is 0 Å². The summed E-state index contributed by atoms with van der Waals surface area (Å²) in [6.07, 6.45) is 2.95. The molecule has 1 aliphatic heterocycles. The third kappa shape index (κ3) is 2.90. The Morgan fingerprint density at radius 2 is 2.35 bits per heavy atom.